The molecular weight excluding hydrogens is 350 g/mol. The van der Waals surface area contributed by atoms with Crippen LogP contribution < -0.4 is 0 Å². The summed E-state index contributed by atoms with van der Waals surface area (Å²) in [6.45, 7) is 3.23. The standard InChI is InChI=1S/C16H17NO7S/c1-8-3-5-10(6-4-8)25(22,23)24-12-7-11-13(9(2)18)15(19)17(11)14(12)16(20)21/h3-6,9,11,13,18H,7H2,1-2H3,(H,20,21). The quantitative estimate of drug-likeness (QED) is 0.577. The van der Waals surface area contributed by atoms with Crippen LogP contribution in [0.5, 0.6) is 0 Å². The van der Waals surface area contributed by atoms with Gasteiger partial charge in [0.15, 0.2) is 11.5 Å². The number of amides is 1. The smallest absolute Gasteiger partial charge is 0.356 e. The molecule has 0 spiro atoms. The first-order valence-corrected chi connectivity index (χ1v) is 9.03. The van der Waals surface area contributed by atoms with Gasteiger partial charge in [0.25, 0.3) is 0 Å². The van der Waals surface area contributed by atoms with Crippen molar-refractivity contribution in [3.63, 3.8) is 0 Å². The van der Waals surface area contributed by atoms with Crippen LogP contribution in [-0.2, 0) is 23.9 Å². The zero-order valence-electron chi connectivity index (χ0n) is 13.5. The number of aliphatic hydroxyl groups excluding tert-OH is 1. The van der Waals surface area contributed by atoms with Crippen molar-refractivity contribution in [1.29, 1.82) is 0 Å². The van der Waals surface area contributed by atoms with E-state index in [0.29, 0.717) is 0 Å². The fourth-order valence-corrected chi connectivity index (χ4v) is 4.17. The molecule has 1 saturated heterocycles. The third-order valence-electron chi connectivity index (χ3n) is 4.41. The average molecular weight is 367 g/mol. The van der Waals surface area contributed by atoms with E-state index in [9.17, 15) is 28.2 Å². The van der Waals surface area contributed by atoms with Gasteiger partial charge in [-0.2, -0.15) is 8.42 Å². The average Bonchev–Trinajstić information content (AvgIpc) is 2.81. The largest absolute Gasteiger partial charge is 0.476 e. The van der Waals surface area contributed by atoms with Crippen LogP contribution in [0.4, 0.5) is 0 Å². The Morgan fingerprint density at radius 1 is 1.32 bits per heavy atom. The first kappa shape index (κ1) is 17.4. The molecule has 3 rings (SSSR count). The van der Waals surface area contributed by atoms with Gasteiger partial charge < -0.3 is 14.4 Å². The second-order valence-electron chi connectivity index (χ2n) is 6.17. The molecule has 9 heteroatoms. The highest BCUT2D eigenvalue weighted by molar-refractivity contribution is 7.86. The molecule has 3 atom stereocenters. The van der Waals surface area contributed by atoms with Crippen LogP contribution >= 0.6 is 0 Å². The van der Waals surface area contributed by atoms with Crippen LogP contribution in [-0.4, -0.2) is 47.6 Å². The van der Waals surface area contributed by atoms with E-state index in [1.165, 1.54) is 19.1 Å². The van der Waals surface area contributed by atoms with Crippen LogP contribution in [0, 0.1) is 12.8 Å². The second kappa shape index (κ2) is 5.85. The minimum atomic E-state index is -4.22. The summed E-state index contributed by atoms with van der Waals surface area (Å²) in [6.07, 6.45) is -1.04. The van der Waals surface area contributed by atoms with Gasteiger partial charge in [-0.3, -0.25) is 9.69 Å². The number of carboxylic acids is 1. The van der Waals surface area contributed by atoms with E-state index in [1.54, 1.807) is 19.1 Å². The summed E-state index contributed by atoms with van der Waals surface area (Å²) in [5, 5.41) is 19.0. The Hall–Kier alpha value is -2.39. The highest BCUT2D eigenvalue weighted by atomic mass is 32.2. The van der Waals surface area contributed by atoms with Crippen molar-refractivity contribution in [2.75, 3.05) is 0 Å². The predicted octanol–water partition coefficient (Wildman–Crippen LogP) is 0.608. The number of nitrogens with zero attached hydrogens (tertiary/aromatic N) is 1. The van der Waals surface area contributed by atoms with Crippen molar-refractivity contribution >= 4 is 22.0 Å². The molecule has 25 heavy (non-hydrogen) atoms. The lowest BCUT2D eigenvalue weighted by atomic mass is 9.83. The van der Waals surface area contributed by atoms with Gasteiger partial charge >= 0.3 is 16.1 Å². The van der Waals surface area contributed by atoms with Gasteiger partial charge in [-0.1, -0.05) is 17.7 Å². The molecule has 1 aromatic carbocycles. The van der Waals surface area contributed by atoms with E-state index in [0.717, 1.165) is 10.5 Å². The van der Waals surface area contributed by atoms with Crippen molar-refractivity contribution in [3.8, 4) is 0 Å². The third-order valence-corrected chi connectivity index (χ3v) is 5.68. The van der Waals surface area contributed by atoms with E-state index >= 15 is 0 Å². The van der Waals surface area contributed by atoms with E-state index < -0.39 is 45.8 Å². The van der Waals surface area contributed by atoms with E-state index in [1.807, 2.05) is 0 Å². The Kier molecular flexibility index (Phi) is 4.08. The lowest BCUT2D eigenvalue weighted by Gasteiger charge is -2.44. The molecule has 134 valence electrons. The molecule has 1 fully saturated rings. The van der Waals surface area contributed by atoms with E-state index in [2.05, 4.69) is 0 Å². The molecule has 0 aliphatic carbocycles. The van der Waals surface area contributed by atoms with Gasteiger partial charge in [0.1, 0.15) is 4.90 Å². The fraction of sp³-hybridized carbons (Fsp3) is 0.375. The first-order chi connectivity index (χ1) is 11.6. The number of carbonyl (C=O) groups is 2. The number of hydrogen-bond acceptors (Lipinski definition) is 6. The molecule has 2 aliphatic heterocycles. The SMILES string of the molecule is Cc1ccc(S(=O)(=O)OC2=C(C(=O)O)N3C(=O)C(C(C)O)C3C2)cc1. The molecule has 8 nitrogen and oxygen atoms in total. The van der Waals surface area contributed by atoms with Crippen molar-refractivity contribution < 1.29 is 32.4 Å². The fourth-order valence-electron chi connectivity index (χ4n) is 3.19. The lowest BCUT2D eigenvalue weighted by Crippen LogP contribution is -2.61. The van der Waals surface area contributed by atoms with Gasteiger partial charge in [0.05, 0.1) is 18.1 Å². The molecule has 3 unspecified atom stereocenters. The van der Waals surface area contributed by atoms with Gasteiger partial charge in [0.2, 0.25) is 5.91 Å². The molecule has 0 bridgehead atoms. The Bertz CT molecular complexity index is 870. The maximum absolute atomic E-state index is 12.4. The minimum Gasteiger partial charge on any atom is -0.476 e. The Morgan fingerprint density at radius 3 is 2.44 bits per heavy atom. The summed E-state index contributed by atoms with van der Waals surface area (Å²) in [6, 6.07) is 5.30. The summed E-state index contributed by atoms with van der Waals surface area (Å²) in [5.41, 5.74) is 0.377. The summed E-state index contributed by atoms with van der Waals surface area (Å²) in [7, 11) is -4.22. The van der Waals surface area contributed by atoms with Crippen molar-refractivity contribution in [2.24, 2.45) is 5.92 Å². The zero-order valence-corrected chi connectivity index (χ0v) is 14.4. The molecule has 1 aromatic rings. The highest BCUT2D eigenvalue weighted by Crippen LogP contribution is 2.44. The van der Waals surface area contributed by atoms with Crippen LogP contribution in [0.2, 0.25) is 0 Å². The summed E-state index contributed by atoms with van der Waals surface area (Å²) in [5.74, 6) is -3.06. The number of hydrogen-bond donors (Lipinski definition) is 2. The number of benzene rings is 1. The summed E-state index contributed by atoms with van der Waals surface area (Å²) < 4.78 is 29.8. The molecule has 2 heterocycles. The molecule has 2 aliphatic rings. The van der Waals surface area contributed by atoms with Gasteiger partial charge in [-0.15, -0.1) is 0 Å². The number of β-lactam (4-membered cyclic amide) rings is 1. The topological polar surface area (TPSA) is 121 Å². The third kappa shape index (κ3) is 2.79. The molecule has 0 radical (unpaired) electrons. The maximum Gasteiger partial charge on any atom is 0.356 e. The first-order valence-electron chi connectivity index (χ1n) is 7.62. The Labute approximate surface area is 144 Å². The highest BCUT2D eigenvalue weighted by Gasteiger charge is 2.58. The van der Waals surface area contributed by atoms with Crippen molar-refractivity contribution in [3.05, 3.63) is 41.3 Å². The zero-order chi connectivity index (χ0) is 18.5. The number of carboxylic acid groups (broad SMARTS) is 1. The lowest BCUT2D eigenvalue weighted by molar-refractivity contribution is -0.161. The number of aliphatic hydroxyl groups is 1. The van der Waals surface area contributed by atoms with Gasteiger partial charge in [-0.05, 0) is 26.0 Å². The number of aliphatic carboxylic acids is 1. The van der Waals surface area contributed by atoms with Crippen LogP contribution in [0.3, 0.4) is 0 Å². The Balaban J connectivity index is 1.93. The van der Waals surface area contributed by atoms with Crippen LogP contribution in [0.1, 0.15) is 18.9 Å². The monoisotopic (exact) mass is 367 g/mol. The minimum absolute atomic E-state index is 0.0754. The molecule has 2 N–H and O–H groups in total. The van der Waals surface area contributed by atoms with Gasteiger partial charge in [-0.25, -0.2) is 4.79 Å². The normalized spacial score (nSPS) is 24.0. The second-order valence-corrected chi connectivity index (χ2v) is 7.72. The maximum atomic E-state index is 12.4. The molecular formula is C16H17NO7S. The number of carbonyl (C=O) groups excluding carboxylic acids is 1. The Morgan fingerprint density at radius 2 is 1.92 bits per heavy atom. The van der Waals surface area contributed by atoms with E-state index in [4.69, 9.17) is 4.18 Å². The summed E-state index contributed by atoms with van der Waals surface area (Å²) in [4.78, 5) is 24.5. The van der Waals surface area contributed by atoms with Crippen LogP contribution in [0.15, 0.2) is 40.6 Å². The molecule has 1 amide bonds. The summed E-state index contributed by atoms with van der Waals surface area (Å²) >= 11 is 0. The van der Waals surface area contributed by atoms with E-state index in [-0.39, 0.29) is 17.1 Å². The number of aryl methyl sites for hydroxylation is 1. The molecule has 0 saturated carbocycles. The predicted molar refractivity (Wildman–Crippen MR) is 84.5 cm³/mol. The van der Waals surface area contributed by atoms with Crippen LogP contribution in [0.25, 0.3) is 0 Å². The van der Waals surface area contributed by atoms with Crippen molar-refractivity contribution in [1.82, 2.24) is 4.90 Å². The number of fused-ring (bicyclic) bond motifs is 1. The van der Waals surface area contributed by atoms with Crippen molar-refractivity contribution in [2.45, 2.75) is 37.3 Å². The molecule has 0 aromatic heterocycles. The van der Waals surface area contributed by atoms with Gasteiger partial charge in [0, 0.05) is 6.42 Å². The number of rotatable bonds is 5.